The van der Waals surface area contributed by atoms with Gasteiger partial charge in [0.2, 0.25) is 0 Å². The number of fused-ring (bicyclic) bond motifs is 1. The lowest BCUT2D eigenvalue weighted by atomic mass is 10.2. The molecule has 44 heavy (non-hydrogen) atoms. The van der Waals surface area contributed by atoms with E-state index in [0.717, 1.165) is 42.5 Å². The molecule has 4 aromatic rings. The van der Waals surface area contributed by atoms with Crippen LogP contribution in [0.3, 0.4) is 0 Å². The van der Waals surface area contributed by atoms with Crippen LogP contribution in [-0.4, -0.2) is 56.1 Å². The number of alkyl carbamates (subject to hydrolysis) is 1. The SMILES string of the molecule is Cc1nc2c(N3CC[C@H](NC(=O)OC(C)(C)C)C3)c(NC(=O)c3ccnn(-c4c(F)cccc4F)c3=O)ccc2n1C1CC1. The number of benzene rings is 2. The summed E-state index contributed by atoms with van der Waals surface area (Å²) < 4.78 is 37.1. The molecule has 230 valence electrons. The predicted molar refractivity (Wildman–Crippen MR) is 160 cm³/mol. The predicted octanol–water partition coefficient (Wildman–Crippen LogP) is 4.86. The van der Waals surface area contributed by atoms with Gasteiger partial charge in [0.15, 0.2) is 11.6 Å². The van der Waals surface area contributed by atoms with Crippen molar-refractivity contribution in [2.24, 2.45) is 0 Å². The average molecular weight is 606 g/mol. The second-order valence-corrected chi connectivity index (χ2v) is 12.2. The van der Waals surface area contributed by atoms with Gasteiger partial charge in [-0.3, -0.25) is 9.59 Å². The minimum Gasteiger partial charge on any atom is -0.444 e. The molecule has 0 unspecified atom stereocenters. The Labute approximate surface area is 251 Å². The van der Waals surface area contributed by atoms with Gasteiger partial charge in [-0.05, 0) is 77.3 Å². The molecule has 6 rings (SSSR count). The van der Waals surface area contributed by atoms with Crippen molar-refractivity contribution in [3.8, 4) is 5.69 Å². The number of amides is 2. The molecule has 11 nitrogen and oxygen atoms in total. The quantitative estimate of drug-likeness (QED) is 0.322. The van der Waals surface area contributed by atoms with Crippen molar-refractivity contribution in [1.29, 1.82) is 0 Å². The largest absolute Gasteiger partial charge is 0.444 e. The molecule has 0 spiro atoms. The number of nitrogens with one attached hydrogen (secondary N) is 2. The van der Waals surface area contributed by atoms with E-state index in [9.17, 15) is 23.2 Å². The molecule has 1 aliphatic carbocycles. The van der Waals surface area contributed by atoms with Crippen molar-refractivity contribution in [3.05, 3.63) is 76.0 Å². The lowest BCUT2D eigenvalue weighted by molar-refractivity contribution is 0.0509. The third kappa shape index (κ3) is 5.61. The number of halogens is 2. The van der Waals surface area contributed by atoms with Crippen molar-refractivity contribution >= 4 is 34.4 Å². The van der Waals surface area contributed by atoms with Gasteiger partial charge in [-0.25, -0.2) is 18.6 Å². The van der Waals surface area contributed by atoms with Crippen LogP contribution in [0.25, 0.3) is 16.7 Å². The van der Waals surface area contributed by atoms with Crippen LogP contribution in [0.2, 0.25) is 0 Å². The van der Waals surface area contributed by atoms with E-state index in [4.69, 9.17) is 9.72 Å². The zero-order chi connectivity index (χ0) is 31.3. The van der Waals surface area contributed by atoms with E-state index in [1.54, 1.807) is 26.8 Å². The van der Waals surface area contributed by atoms with Gasteiger partial charge in [-0.2, -0.15) is 9.78 Å². The number of carbonyl (C=O) groups excluding carboxylic acids is 2. The molecular weight excluding hydrogens is 572 g/mol. The Morgan fingerprint density at radius 2 is 1.75 bits per heavy atom. The van der Waals surface area contributed by atoms with Gasteiger partial charge in [0.05, 0.1) is 22.9 Å². The maximum atomic E-state index is 14.5. The average Bonchev–Trinajstić information content (AvgIpc) is 3.57. The molecule has 2 aliphatic rings. The fraction of sp³-hybridized carbons (Fsp3) is 0.387. The van der Waals surface area contributed by atoms with E-state index in [-0.39, 0.29) is 11.6 Å². The van der Waals surface area contributed by atoms with Crippen LogP contribution in [0.5, 0.6) is 0 Å². The summed E-state index contributed by atoms with van der Waals surface area (Å²) in [7, 11) is 0. The lowest BCUT2D eigenvalue weighted by Gasteiger charge is -2.24. The van der Waals surface area contributed by atoms with Gasteiger partial charge in [0.1, 0.15) is 28.2 Å². The molecule has 0 radical (unpaired) electrons. The zero-order valence-corrected chi connectivity index (χ0v) is 24.9. The Bertz CT molecular complexity index is 1820. The van der Waals surface area contributed by atoms with Gasteiger partial charge in [-0.1, -0.05) is 6.07 Å². The lowest BCUT2D eigenvalue weighted by Crippen LogP contribution is -2.40. The number of para-hydroxylation sites is 1. The summed E-state index contributed by atoms with van der Waals surface area (Å²) in [5, 5.41) is 9.57. The number of carbonyl (C=O) groups is 2. The van der Waals surface area contributed by atoms with Crippen molar-refractivity contribution < 1.29 is 23.1 Å². The molecule has 13 heteroatoms. The first-order valence-corrected chi connectivity index (χ1v) is 14.5. The number of hydrogen-bond acceptors (Lipinski definition) is 7. The fourth-order valence-electron chi connectivity index (χ4n) is 5.66. The van der Waals surface area contributed by atoms with Crippen LogP contribution in [0.4, 0.5) is 25.0 Å². The normalized spacial score (nSPS) is 16.8. The van der Waals surface area contributed by atoms with Crippen molar-refractivity contribution in [1.82, 2.24) is 24.6 Å². The first-order valence-electron chi connectivity index (χ1n) is 14.5. The minimum absolute atomic E-state index is 0.210. The smallest absolute Gasteiger partial charge is 0.407 e. The molecule has 1 aliphatic heterocycles. The number of ether oxygens (including phenoxy) is 1. The summed E-state index contributed by atoms with van der Waals surface area (Å²) in [6.07, 6.45) is 3.38. The molecule has 2 fully saturated rings. The Kier molecular flexibility index (Phi) is 7.34. The van der Waals surface area contributed by atoms with Gasteiger partial charge in [-0.15, -0.1) is 0 Å². The number of imidazole rings is 1. The number of aromatic nitrogens is 4. The number of rotatable bonds is 6. The van der Waals surface area contributed by atoms with E-state index in [1.165, 1.54) is 12.1 Å². The molecular formula is C31H33F2N7O4. The molecule has 2 amide bonds. The zero-order valence-electron chi connectivity index (χ0n) is 24.9. The van der Waals surface area contributed by atoms with Crippen molar-refractivity contribution in [2.75, 3.05) is 23.3 Å². The first-order chi connectivity index (χ1) is 20.9. The van der Waals surface area contributed by atoms with E-state index in [0.29, 0.717) is 47.1 Å². The van der Waals surface area contributed by atoms with E-state index in [1.807, 2.05) is 17.9 Å². The monoisotopic (exact) mass is 605 g/mol. The molecule has 2 aromatic heterocycles. The molecule has 1 atom stereocenters. The highest BCUT2D eigenvalue weighted by molar-refractivity contribution is 6.09. The second kappa shape index (κ2) is 11.0. The number of nitrogens with zero attached hydrogens (tertiary/aromatic N) is 5. The third-order valence-electron chi connectivity index (χ3n) is 7.64. The number of aryl methyl sites for hydroxylation is 1. The Balaban J connectivity index is 1.35. The van der Waals surface area contributed by atoms with Crippen LogP contribution in [0.15, 0.2) is 47.4 Å². The Morgan fingerprint density at radius 3 is 2.43 bits per heavy atom. The number of hydrogen-bond donors (Lipinski definition) is 2. The summed E-state index contributed by atoms with van der Waals surface area (Å²) in [6.45, 7) is 8.33. The number of anilines is 2. The first kappa shape index (κ1) is 29.3. The summed E-state index contributed by atoms with van der Waals surface area (Å²) in [5.74, 6) is -1.91. The fourth-order valence-corrected chi connectivity index (χ4v) is 5.66. The Hall–Kier alpha value is -4.81. The van der Waals surface area contributed by atoms with Crippen molar-refractivity contribution in [2.45, 2.75) is 64.6 Å². The highest BCUT2D eigenvalue weighted by Gasteiger charge is 2.33. The molecule has 2 N–H and O–H groups in total. The molecule has 2 aromatic carbocycles. The van der Waals surface area contributed by atoms with Gasteiger partial charge < -0.3 is 24.8 Å². The third-order valence-corrected chi connectivity index (χ3v) is 7.64. The van der Waals surface area contributed by atoms with E-state index in [2.05, 4.69) is 20.3 Å². The summed E-state index contributed by atoms with van der Waals surface area (Å²) >= 11 is 0. The Morgan fingerprint density at radius 1 is 1.02 bits per heavy atom. The summed E-state index contributed by atoms with van der Waals surface area (Å²) in [6, 6.07) is 8.19. The van der Waals surface area contributed by atoms with Gasteiger partial charge in [0, 0.05) is 25.3 Å². The molecule has 1 saturated carbocycles. The topological polar surface area (TPSA) is 123 Å². The maximum absolute atomic E-state index is 14.5. The van der Waals surface area contributed by atoms with E-state index < -0.39 is 40.5 Å². The highest BCUT2D eigenvalue weighted by Crippen LogP contribution is 2.43. The maximum Gasteiger partial charge on any atom is 0.407 e. The van der Waals surface area contributed by atoms with Crippen LogP contribution >= 0.6 is 0 Å². The minimum atomic E-state index is -0.991. The van der Waals surface area contributed by atoms with Crippen molar-refractivity contribution in [3.63, 3.8) is 0 Å². The molecule has 1 saturated heterocycles. The second-order valence-electron chi connectivity index (χ2n) is 12.2. The van der Waals surface area contributed by atoms with Crippen LogP contribution in [0.1, 0.15) is 62.3 Å². The summed E-state index contributed by atoms with van der Waals surface area (Å²) in [5.41, 5.74) is 0.0291. The van der Waals surface area contributed by atoms with Crippen LogP contribution in [0, 0.1) is 18.6 Å². The van der Waals surface area contributed by atoms with Gasteiger partial charge >= 0.3 is 6.09 Å². The molecule has 0 bridgehead atoms. The van der Waals surface area contributed by atoms with Gasteiger partial charge in [0.25, 0.3) is 11.5 Å². The standard InChI is InChI=1S/C31H33F2N7O4/c1-17-35-25-24(39(17)19-8-9-19)11-10-23(27(25)38-15-13-18(16-38)36-30(43)44-31(2,3)4)37-28(41)20-12-14-34-40(29(20)42)26-21(32)6-5-7-22(26)33/h5-7,10-12,14,18-19H,8-9,13,15-16H2,1-4H3,(H,36,43)(H,37,41)/t18-/m0/s1. The van der Waals surface area contributed by atoms with E-state index >= 15 is 0 Å². The van der Waals surface area contributed by atoms with Crippen LogP contribution < -0.4 is 21.1 Å². The molecule has 3 heterocycles. The summed E-state index contributed by atoms with van der Waals surface area (Å²) in [4.78, 5) is 46.2. The van der Waals surface area contributed by atoms with Crippen LogP contribution in [-0.2, 0) is 4.74 Å². The highest BCUT2D eigenvalue weighted by atomic mass is 19.1.